The maximum absolute atomic E-state index is 14.5. The van der Waals surface area contributed by atoms with E-state index in [4.69, 9.17) is 27.9 Å². The van der Waals surface area contributed by atoms with Crippen LogP contribution in [0.25, 0.3) is 6.08 Å². The number of anilines is 2. The standard InChI is InChI=1S/C36H29Cl2FN2O6/c1-3-19-8-12-21(13-9-19)40-31(43)24-17-16-23-26(28(24)32(40)44)18-35(37)33(45)41(22-14-10-20(39)11-15-22)34(46)36(35,38)29(23)25-6-5-7-27(30(25)42)47-4-2/h3,5-16,24,26,28-29,42H,1,4,17-18H2,2H3. The molecule has 2 saturated heterocycles. The van der Waals surface area contributed by atoms with E-state index >= 15 is 0 Å². The van der Waals surface area contributed by atoms with E-state index in [1.54, 1.807) is 61.5 Å². The maximum Gasteiger partial charge on any atom is 0.258 e. The normalized spacial score (nSPS) is 29.7. The van der Waals surface area contributed by atoms with Gasteiger partial charge in [-0.25, -0.2) is 9.29 Å². The molecule has 0 spiro atoms. The van der Waals surface area contributed by atoms with Gasteiger partial charge in [-0.05, 0) is 73.7 Å². The van der Waals surface area contributed by atoms with Gasteiger partial charge in [0.1, 0.15) is 5.82 Å². The number of alkyl halides is 2. The number of rotatable bonds is 6. The van der Waals surface area contributed by atoms with Crippen LogP contribution in [0.3, 0.4) is 0 Å². The zero-order valence-corrected chi connectivity index (χ0v) is 26.7. The molecule has 3 aromatic rings. The highest BCUT2D eigenvalue weighted by molar-refractivity contribution is 6.58. The van der Waals surface area contributed by atoms with E-state index in [1.807, 2.05) is 0 Å². The minimum absolute atomic E-state index is 0.0676. The monoisotopic (exact) mass is 674 g/mol. The number of allylic oxidation sites excluding steroid dienone is 2. The lowest BCUT2D eigenvalue weighted by Crippen LogP contribution is -2.60. The van der Waals surface area contributed by atoms with Gasteiger partial charge in [-0.1, -0.05) is 48.6 Å². The molecular weight excluding hydrogens is 646 g/mol. The lowest BCUT2D eigenvalue weighted by molar-refractivity contribution is -0.125. The van der Waals surface area contributed by atoms with Crippen LogP contribution in [0.1, 0.15) is 36.8 Å². The van der Waals surface area contributed by atoms with Crippen molar-refractivity contribution in [2.45, 2.75) is 35.4 Å². The first kappa shape index (κ1) is 31.1. The van der Waals surface area contributed by atoms with Gasteiger partial charge in [0.2, 0.25) is 11.8 Å². The molecule has 7 rings (SSSR count). The van der Waals surface area contributed by atoms with Crippen molar-refractivity contribution in [1.29, 1.82) is 0 Å². The fourth-order valence-electron chi connectivity index (χ4n) is 7.80. The van der Waals surface area contributed by atoms with Crippen molar-refractivity contribution in [3.05, 3.63) is 102 Å². The van der Waals surface area contributed by atoms with E-state index in [1.165, 1.54) is 12.1 Å². The van der Waals surface area contributed by atoms with E-state index in [-0.39, 0.29) is 48.1 Å². The summed E-state index contributed by atoms with van der Waals surface area (Å²) in [6, 6.07) is 16.4. The number of carbonyl (C=O) groups excluding carboxylic acids is 4. The third kappa shape index (κ3) is 4.25. The summed E-state index contributed by atoms with van der Waals surface area (Å²) in [5.74, 6) is -6.92. The van der Waals surface area contributed by atoms with Crippen LogP contribution in [0.4, 0.5) is 15.8 Å². The molecule has 1 N–H and O–H groups in total. The van der Waals surface area contributed by atoms with Crippen LogP contribution >= 0.6 is 23.2 Å². The Morgan fingerprint density at radius 1 is 0.936 bits per heavy atom. The van der Waals surface area contributed by atoms with Crippen molar-refractivity contribution < 1.29 is 33.4 Å². The predicted octanol–water partition coefficient (Wildman–Crippen LogP) is 6.34. The Morgan fingerprint density at radius 3 is 2.26 bits per heavy atom. The van der Waals surface area contributed by atoms with Crippen molar-refractivity contribution in [3.8, 4) is 11.5 Å². The molecule has 4 amide bonds. The Bertz CT molecular complexity index is 1900. The molecule has 0 bridgehead atoms. The van der Waals surface area contributed by atoms with Crippen molar-refractivity contribution in [3.63, 3.8) is 0 Å². The smallest absolute Gasteiger partial charge is 0.258 e. The molecule has 2 aliphatic carbocycles. The SMILES string of the molecule is C=Cc1ccc(N2C(=O)C3CC=C4C(CC5(Cl)C(=O)N(c6ccc(F)cc6)C(=O)C5(Cl)C4c4cccc(OCC)c4O)C3C2=O)cc1. The molecule has 11 heteroatoms. The van der Waals surface area contributed by atoms with Gasteiger partial charge in [0.25, 0.3) is 11.8 Å². The number of hydrogen-bond acceptors (Lipinski definition) is 6. The highest BCUT2D eigenvalue weighted by Gasteiger charge is 2.77. The van der Waals surface area contributed by atoms with E-state index in [9.17, 15) is 28.7 Å². The number of benzene rings is 3. The summed E-state index contributed by atoms with van der Waals surface area (Å²) in [5.41, 5.74) is 1.99. The quantitative estimate of drug-likeness (QED) is 0.186. The van der Waals surface area contributed by atoms with Gasteiger partial charge in [0, 0.05) is 11.5 Å². The third-order valence-electron chi connectivity index (χ3n) is 9.92. The van der Waals surface area contributed by atoms with Crippen LogP contribution in [0.2, 0.25) is 0 Å². The summed E-state index contributed by atoms with van der Waals surface area (Å²) >= 11 is 14.8. The van der Waals surface area contributed by atoms with E-state index in [2.05, 4.69) is 6.58 Å². The van der Waals surface area contributed by atoms with Gasteiger partial charge < -0.3 is 9.84 Å². The maximum atomic E-state index is 14.5. The summed E-state index contributed by atoms with van der Waals surface area (Å²) in [4.78, 5) is 54.7. The summed E-state index contributed by atoms with van der Waals surface area (Å²) < 4.78 is 19.5. The van der Waals surface area contributed by atoms with Crippen LogP contribution in [0, 0.1) is 23.6 Å². The zero-order chi connectivity index (χ0) is 33.4. The molecule has 47 heavy (non-hydrogen) atoms. The topological polar surface area (TPSA) is 104 Å². The molecule has 8 nitrogen and oxygen atoms in total. The Labute approximate surface area is 280 Å². The second-order valence-corrected chi connectivity index (χ2v) is 13.4. The zero-order valence-electron chi connectivity index (χ0n) is 25.2. The number of hydrogen-bond donors (Lipinski definition) is 1. The number of para-hydroxylation sites is 1. The van der Waals surface area contributed by atoms with Gasteiger partial charge in [0.05, 0.1) is 29.8 Å². The molecule has 240 valence electrons. The van der Waals surface area contributed by atoms with Crippen molar-refractivity contribution in [1.82, 2.24) is 0 Å². The number of phenols is 1. The van der Waals surface area contributed by atoms with Crippen molar-refractivity contribution >= 4 is 64.3 Å². The number of aromatic hydroxyl groups is 1. The summed E-state index contributed by atoms with van der Waals surface area (Å²) in [6.07, 6.45) is 3.37. The number of carbonyl (C=O) groups is 4. The number of fused-ring (bicyclic) bond motifs is 4. The van der Waals surface area contributed by atoms with Gasteiger partial charge in [0.15, 0.2) is 21.2 Å². The molecule has 0 radical (unpaired) electrons. The number of imide groups is 2. The van der Waals surface area contributed by atoms with Crippen LogP contribution in [0.5, 0.6) is 11.5 Å². The first-order valence-corrected chi connectivity index (χ1v) is 16.0. The first-order valence-electron chi connectivity index (χ1n) is 15.2. The highest BCUT2D eigenvalue weighted by Crippen LogP contribution is 2.66. The van der Waals surface area contributed by atoms with E-state index < -0.39 is 57.0 Å². The predicted molar refractivity (Wildman–Crippen MR) is 175 cm³/mol. The number of halogens is 3. The number of amides is 4. The van der Waals surface area contributed by atoms with Gasteiger partial charge in [-0.15, -0.1) is 23.2 Å². The van der Waals surface area contributed by atoms with Crippen LogP contribution < -0.4 is 14.5 Å². The fraction of sp³-hybridized carbons (Fsp3) is 0.278. The fourth-order valence-corrected chi connectivity index (χ4v) is 8.73. The first-order chi connectivity index (χ1) is 22.5. The average molecular weight is 676 g/mol. The summed E-state index contributed by atoms with van der Waals surface area (Å²) in [7, 11) is 0. The molecule has 0 aromatic heterocycles. The van der Waals surface area contributed by atoms with Crippen LogP contribution in [0.15, 0.2) is 85.0 Å². The van der Waals surface area contributed by atoms with Crippen molar-refractivity contribution in [2.24, 2.45) is 17.8 Å². The number of ether oxygens (including phenoxy) is 1. The molecule has 3 fully saturated rings. The number of nitrogens with zero attached hydrogens (tertiary/aromatic N) is 2. The summed E-state index contributed by atoms with van der Waals surface area (Å²) in [6.45, 7) is 5.73. The largest absolute Gasteiger partial charge is 0.504 e. The molecule has 6 unspecified atom stereocenters. The molecule has 4 aliphatic rings. The lowest BCUT2D eigenvalue weighted by Gasteiger charge is -2.50. The van der Waals surface area contributed by atoms with Gasteiger partial charge in [-0.3, -0.25) is 24.1 Å². The minimum atomic E-state index is -2.18. The van der Waals surface area contributed by atoms with Crippen LogP contribution in [-0.2, 0) is 19.2 Å². The second-order valence-electron chi connectivity index (χ2n) is 12.2. The molecule has 2 aliphatic heterocycles. The Balaban J connectivity index is 1.40. The molecule has 6 atom stereocenters. The Morgan fingerprint density at radius 2 is 1.60 bits per heavy atom. The van der Waals surface area contributed by atoms with Gasteiger partial charge in [-0.2, -0.15) is 0 Å². The van der Waals surface area contributed by atoms with Crippen molar-refractivity contribution in [2.75, 3.05) is 16.4 Å². The summed E-state index contributed by atoms with van der Waals surface area (Å²) in [5, 5.41) is 11.5. The third-order valence-corrected chi connectivity index (χ3v) is 11.3. The minimum Gasteiger partial charge on any atom is -0.504 e. The van der Waals surface area contributed by atoms with Crippen LogP contribution in [-0.4, -0.2) is 45.1 Å². The van der Waals surface area contributed by atoms with E-state index in [0.29, 0.717) is 11.3 Å². The highest BCUT2D eigenvalue weighted by atomic mass is 35.5. The molecule has 1 saturated carbocycles. The molecule has 2 heterocycles. The lowest BCUT2D eigenvalue weighted by atomic mass is 9.56. The average Bonchev–Trinajstić information content (AvgIpc) is 3.40. The Kier molecular flexibility index (Phi) is 7.33. The van der Waals surface area contributed by atoms with E-state index in [0.717, 1.165) is 27.5 Å². The second kappa shape index (κ2) is 11.1. The van der Waals surface area contributed by atoms with Gasteiger partial charge >= 0.3 is 0 Å². The molecular formula is C36H29Cl2FN2O6. The number of phenolic OH excluding ortho intramolecular Hbond substituents is 1. The molecule has 3 aromatic carbocycles. The Hall–Kier alpha value is -4.47.